The van der Waals surface area contributed by atoms with Crippen LogP contribution in [0.3, 0.4) is 0 Å². The van der Waals surface area contributed by atoms with E-state index in [1.165, 1.54) is 0 Å². The summed E-state index contributed by atoms with van der Waals surface area (Å²) in [4.78, 5) is 15.3. The van der Waals surface area contributed by atoms with Crippen LogP contribution < -0.4 is 0 Å². The van der Waals surface area contributed by atoms with Gasteiger partial charge in [0.1, 0.15) is 5.76 Å². The fourth-order valence-corrected chi connectivity index (χ4v) is 4.10. The van der Waals surface area contributed by atoms with Gasteiger partial charge in [-0.3, -0.25) is 9.00 Å². The van der Waals surface area contributed by atoms with Gasteiger partial charge in [-0.25, -0.2) is 0 Å². The molecule has 0 aliphatic heterocycles. The largest absolute Gasteiger partial charge is 0.455 e. The van der Waals surface area contributed by atoms with Gasteiger partial charge in [-0.05, 0) is 43.2 Å². The third kappa shape index (κ3) is 4.74. The molecule has 3 aromatic rings. The summed E-state index contributed by atoms with van der Waals surface area (Å²) in [5.74, 6) is 0.928. The molecule has 27 heavy (non-hydrogen) atoms. The lowest BCUT2D eigenvalue weighted by Crippen LogP contribution is -2.29. The zero-order valence-corrected chi connectivity index (χ0v) is 16.4. The summed E-state index contributed by atoms with van der Waals surface area (Å²) in [6.07, 6.45) is 0. The van der Waals surface area contributed by atoms with Gasteiger partial charge >= 0.3 is 0 Å². The number of aryl methyl sites for hydroxylation is 1. The molecule has 0 fully saturated rings. The lowest BCUT2D eigenvalue weighted by molar-refractivity contribution is 0.0719. The quantitative estimate of drug-likeness (QED) is 0.603. The average molecular weight is 381 g/mol. The molecule has 3 rings (SSSR count). The lowest BCUT2D eigenvalue weighted by atomic mass is 10.2. The summed E-state index contributed by atoms with van der Waals surface area (Å²) >= 11 is 0. The van der Waals surface area contributed by atoms with E-state index in [0.717, 1.165) is 16.0 Å². The maximum absolute atomic E-state index is 12.8. The van der Waals surface area contributed by atoms with Crippen LogP contribution >= 0.6 is 0 Å². The van der Waals surface area contributed by atoms with Crippen molar-refractivity contribution in [2.45, 2.75) is 31.0 Å². The lowest BCUT2D eigenvalue weighted by Gasteiger charge is -2.19. The Morgan fingerprint density at radius 2 is 1.70 bits per heavy atom. The van der Waals surface area contributed by atoms with Gasteiger partial charge in [-0.1, -0.05) is 48.5 Å². The molecule has 1 aromatic heterocycles. The van der Waals surface area contributed by atoms with Gasteiger partial charge in [0.05, 0.1) is 16.6 Å². The Morgan fingerprint density at radius 3 is 2.41 bits per heavy atom. The molecule has 0 N–H and O–H groups in total. The van der Waals surface area contributed by atoms with E-state index in [1.807, 2.05) is 68.4 Å². The van der Waals surface area contributed by atoms with E-state index >= 15 is 0 Å². The van der Waals surface area contributed by atoms with Gasteiger partial charge in [0, 0.05) is 18.0 Å². The molecule has 0 spiro atoms. The molecule has 1 heterocycles. The van der Waals surface area contributed by atoms with Gasteiger partial charge in [-0.2, -0.15) is 0 Å². The summed E-state index contributed by atoms with van der Waals surface area (Å²) in [5, 5.41) is 0. The van der Waals surface area contributed by atoms with Gasteiger partial charge in [-0.15, -0.1) is 0 Å². The Balaban J connectivity index is 1.69. The number of carbonyl (C=O) groups is 1. The minimum absolute atomic E-state index is 0.158. The van der Waals surface area contributed by atoms with Crippen LogP contribution in [-0.2, 0) is 23.1 Å². The average Bonchev–Trinajstić information content (AvgIpc) is 3.15. The minimum atomic E-state index is -1.21. The van der Waals surface area contributed by atoms with Gasteiger partial charge in [0.2, 0.25) is 0 Å². The van der Waals surface area contributed by atoms with Gasteiger partial charge in [0.15, 0.2) is 5.76 Å². The first kappa shape index (κ1) is 19.1. The van der Waals surface area contributed by atoms with Crippen molar-refractivity contribution in [3.8, 4) is 0 Å². The number of nitrogens with zero attached hydrogens (tertiary/aromatic N) is 1. The highest BCUT2D eigenvalue weighted by Crippen LogP contribution is 2.19. The number of rotatable bonds is 7. The van der Waals surface area contributed by atoms with Crippen molar-refractivity contribution < 1.29 is 13.4 Å². The molecule has 0 aliphatic rings. The summed E-state index contributed by atoms with van der Waals surface area (Å²) in [5.41, 5.74) is 2.05. The van der Waals surface area contributed by atoms with Crippen molar-refractivity contribution in [3.05, 3.63) is 89.4 Å². The highest BCUT2D eigenvalue weighted by Gasteiger charge is 2.19. The third-order valence-electron chi connectivity index (χ3n) is 4.37. The van der Waals surface area contributed by atoms with Crippen molar-refractivity contribution in [2.75, 3.05) is 6.54 Å². The second-order valence-electron chi connectivity index (χ2n) is 6.33. The zero-order chi connectivity index (χ0) is 19.2. The first-order chi connectivity index (χ1) is 13.1. The Kier molecular flexibility index (Phi) is 6.24. The summed E-state index contributed by atoms with van der Waals surface area (Å²) in [6.45, 7) is 4.99. The van der Waals surface area contributed by atoms with Crippen molar-refractivity contribution >= 4 is 16.7 Å². The standard InChI is InChI=1S/C22H23NO3S/c1-3-23(15-18-10-5-4-6-11-18)22(24)20-14-13-19(26-20)16-27(25)21-12-8-7-9-17(21)2/h4-14H,3,15-16H2,1-2H3/t27-/m0/s1. The van der Waals surface area contributed by atoms with E-state index in [4.69, 9.17) is 4.42 Å². The molecule has 0 saturated carbocycles. The monoisotopic (exact) mass is 381 g/mol. The molecule has 0 unspecified atom stereocenters. The number of carbonyl (C=O) groups excluding carboxylic acids is 1. The molecular weight excluding hydrogens is 358 g/mol. The SMILES string of the molecule is CCN(Cc1ccccc1)C(=O)c1ccc(C[S@](=O)c2ccccc2C)o1. The number of benzene rings is 2. The molecule has 140 valence electrons. The Hall–Kier alpha value is -2.66. The van der Waals surface area contributed by atoms with Crippen LogP contribution in [0.5, 0.6) is 0 Å². The van der Waals surface area contributed by atoms with Crippen LogP contribution in [0.1, 0.15) is 34.4 Å². The maximum Gasteiger partial charge on any atom is 0.289 e. The minimum Gasteiger partial charge on any atom is -0.455 e. The van der Waals surface area contributed by atoms with E-state index in [9.17, 15) is 9.00 Å². The van der Waals surface area contributed by atoms with E-state index < -0.39 is 10.8 Å². The predicted molar refractivity (Wildman–Crippen MR) is 107 cm³/mol. The first-order valence-electron chi connectivity index (χ1n) is 8.94. The van der Waals surface area contributed by atoms with Crippen molar-refractivity contribution in [2.24, 2.45) is 0 Å². The van der Waals surface area contributed by atoms with E-state index in [-0.39, 0.29) is 17.4 Å². The molecule has 5 heteroatoms. The number of furan rings is 1. The zero-order valence-electron chi connectivity index (χ0n) is 15.6. The predicted octanol–water partition coefficient (Wildman–Crippen LogP) is 4.56. The van der Waals surface area contributed by atoms with Crippen molar-refractivity contribution in [3.63, 3.8) is 0 Å². The highest BCUT2D eigenvalue weighted by atomic mass is 32.2. The highest BCUT2D eigenvalue weighted by molar-refractivity contribution is 7.84. The van der Waals surface area contributed by atoms with Crippen molar-refractivity contribution in [1.29, 1.82) is 0 Å². The second-order valence-corrected chi connectivity index (χ2v) is 7.75. The number of hydrogen-bond acceptors (Lipinski definition) is 3. The fourth-order valence-electron chi connectivity index (χ4n) is 2.88. The molecule has 1 amide bonds. The van der Waals surface area contributed by atoms with Crippen LogP contribution in [-0.4, -0.2) is 21.6 Å². The number of amides is 1. The first-order valence-corrected chi connectivity index (χ1v) is 10.3. The summed E-state index contributed by atoms with van der Waals surface area (Å²) in [6, 6.07) is 20.9. The van der Waals surface area contributed by atoms with Crippen molar-refractivity contribution in [1.82, 2.24) is 4.90 Å². The van der Waals surface area contributed by atoms with E-state index in [2.05, 4.69) is 0 Å². The second kappa shape index (κ2) is 8.82. The van der Waals surface area contributed by atoms with E-state index in [0.29, 0.717) is 18.8 Å². The maximum atomic E-state index is 12.8. The molecule has 0 aliphatic carbocycles. The summed E-state index contributed by atoms with van der Waals surface area (Å²) < 4.78 is 18.3. The van der Waals surface area contributed by atoms with Crippen LogP contribution in [0, 0.1) is 6.92 Å². The topological polar surface area (TPSA) is 50.5 Å². The van der Waals surface area contributed by atoms with E-state index in [1.54, 1.807) is 17.0 Å². The molecule has 2 aromatic carbocycles. The smallest absolute Gasteiger partial charge is 0.289 e. The molecule has 0 bridgehead atoms. The Bertz CT molecular complexity index is 933. The van der Waals surface area contributed by atoms with Gasteiger partial charge < -0.3 is 9.32 Å². The van der Waals surface area contributed by atoms with Crippen LogP contribution in [0.2, 0.25) is 0 Å². The van der Waals surface area contributed by atoms with Crippen LogP contribution in [0.15, 0.2) is 76.0 Å². The van der Waals surface area contributed by atoms with Crippen LogP contribution in [0.25, 0.3) is 0 Å². The van der Waals surface area contributed by atoms with Gasteiger partial charge in [0.25, 0.3) is 5.91 Å². The Morgan fingerprint density at radius 1 is 1.00 bits per heavy atom. The summed E-state index contributed by atoms with van der Waals surface area (Å²) in [7, 11) is -1.21. The fraction of sp³-hybridized carbons (Fsp3) is 0.227. The molecule has 1 atom stereocenters. The molecule has 4 nitrogen and oxygen atoms in total. The normalized spacial score (nSPS) is 11.9. The third-order valence-corrected chi connectivity index (χ3v) is 5.87. The van der Waals surface area contributed by atoms with Crippen LogP contribution in [0.4, 0.5) is 0 Å². The molecule has 0 radical (unpaired) electrons. The molecule has 0 saturated heterocycles. The number of hydrogen-bond donors (Lipinski definition) is 0. The molecular formula is C22H23NO3S. The Labute approximate surface area is 162 Å².